The van der Waals surface area contributed by atoms with Crippen molar-refractivity contribution in [3.63, 3.8) is 0 Å². The van der Waals surface area contributed by atoms with Crippen LogP contribution in [0.15, 0.2) is 23.7 Å². The van der Waals surface area contributed by atoms with Gasteiger partial charge in [-0.2, -0.15) is 0 Å². The molecule has 0 N–H and O–H groups in total. The van der Waals surface area contributed by atoms with E-state index >= 15 is 0 Å². The third-order valence-electron chi connectivity index (χ3n) is 3.75. The predicted octanol–water partition coefficient (Wildman–Crippen LogP) is 3.46. The Kier molecular flexibility index (Phi) is 3.69. The fourth-order valence-corrected chi connectivity index (χ4v) is 3.59. The molecule has 1 aliphatic rings. The monoisotopic (exact) mass is 289 g/mol. The van der Waals surface area contributed by atoms with Crippen molar-refractivity contribution < 1.29 is 0 Å². The number of benzene rings is 1. The Bertz CT molecular complexity index is 577. The summed E-state index contributed by atoms with van der Waals surface area (Å²) in [5.74, 6) is 0. The molecule has 3 nitrogen and oxygen atoms in total. The summed E-state index contributed by atoms with van der Waals surface area (Å²) in [4.78, 5) is 9.43. The molecule has 3 rings (SSSR count). The summed E-state index contributed by atoms with van der Waals surface area (Å²) in [5, 5.41) is 0. The summed E-state index contributed by atoms with van der Waals surface area (Å²) in [6.45, 7) is 12.7. The van der Waals surface area contributed by atoms with Gasteiger partial charge >= 0.3 is 0 Å². The molecule has 1 aliphatic heterocycles. The lowest BCUT2D eigenvalue weighted by Gasteiger charge is -2.38. The molecule has 1 saturated heterocycles. The van der Waals surface area contributed by atoms with Crippen LogP contribution in [0.3, 0.4) is 0 Å². The van der Waals surface area contributed by atoms with Gasteiger partial charge in [0.05, 0.1) is 15.7 Å². The summed E-state index contributed by atoms with van der Waals surface area (Å²) in [6.07, 6.45) is 0. The maximum atomic E-state index is 4.35. The van der Waals surface area contributed by atoms with Gasteiger partial charge in [-0.15, -0.1) is 11.3 Å². The van der Waals surface area contributed by atoms with Crippen LogP contribution in [0, 0.1) is 5.41 Å². The van der Waals surface area contributed by atoms with Crippen molar-refractivity contribution in [3.8, 4) is 0 Å². The maximum Gasteiger partial charge on any atom is 0.0813 e. The molecule has 108 valence electrons. The highest BCUT2D eigenvalue weighted by Gasteiger charge is 2.21. The average molecular weight is 289 g/mol. The number of piperazine rings is 1. The van der Waals surface area contributed by atoms with Crippen molar-refractivity contribution in [1.82, 2.24) is 9.88 Å². The molecular weight excluding hydrogens is 266 g/mol. The summed E-state index contributed by atoms with van der Waals surface area (Å²) in [6, 6.07) is 6.64. The summed E-state index contributed by atoms with van der Waals surface area (Å²) in [5.41, 5.74) is 4.78. The van der Waals surface area contributed by atoms with Crippen LogP contribution in [0.4, 0.5) is 5.69 Å². The highest BCUT2D eigenvalue weighted by Crippen LogP contribution is 2.25. The number of anilines is 1. The molecule has 0 radical (unpaired) electrons. The zero-order valence-electron chi connectivity index (χ0n) is 12.6. The topological polar surface area (TPSA) is 19.4 Å². The largest absolute Gasteiger partial charge is 0.369 e. The van der Waals surface area contributed by atoms with Gasteiger partial charge in [0.25, 0.3) is 0 Å². The van der Waals surface area contributed by atoms with E-state index in [9.17, 15) is 0 Å². The van der Waals surface area contributed by atoms with Crippen LogP contribution in [0.1, 0.15) is 20.8 Å². The summed E-state index contributed by atoms with van der Waals surface area (Å²) >= 11 is 1.73. The minimum absolute atomic E-state index is 0.393. The summed E-state index contributed by atoms with van der Waals surface area (Å²) in [7, 11) is 0. The van der Waals surface area contributed by atoms with Crippen LogP contribution >= 0.6 is 11.3 Å². The highest BCUT2D eigenvalue weighted by atomic mass is 32.1. The van der Waals surface area contributed by atoms with Crippen molar-refractivity contribution >= 4 is 27.2 Å². The SMILES string of the molecule is CC(C)(C)CN1CCN(c2ccc3ncsc3c2)CC1. The van der Waals surface area contributed by atoms with Crippen LogP contribution in [0.25, 0.3) is 10.2 Å². The van der Waals surface area contributed by atoms with Gasteiger partial charge in [-0.25, -0.2) is 4.98 Å². The zero-order valence-corrected chi connectivity index (χ0v) is 13.4. The van der Waals surface area contributed by atoms with Gasteiger partial charge in [-0.05, 0) is 23.6 Å². The Morgan fingerprint density at radius 1 is 1.15 bits per heavy atom. The second-order valence-electron chi connectivity index (χ2n) is 6.83. The lowest BCUT2D eigenvalue weighted by Crippen LogP contribution is -2.48. The minimum atomic E-state index is 0.393. The molecule has 0 unspecified atom stereocenters. The molecule has 1 aromatic heterocycles. The van der Waals surface area contributed by atoms with Crippen molar-refractivity contribution in [2.24, 2.45) is 5.41 Å². The van der Waals surface area contributed by atoms with Gasteiger partial charge in [-0.1, -0.05) is 20.8 Å². The van der Waals surface area contributed by atoms with E-state index in [4.69, 9.17) is 0 Å². The Labute approximate surface area is 125 Å². The number of aromatic nitrogens is 1. The predicted molar refractivity (Wildman–Crippen MR) is 87.7 cm³/mol. The third kappa shape index (κ3) is 3.13. The van der Waals surface area contributed by atoms with Gasteiger partial charge in [-0.3, -0.25) is 4.90 Å². The first-order chi connectivity index (χ1) is 9.51. The maximum absolute atomic E-state index is 4.35. The third-order valence-corrected chi connectivity index (χ3v) is 4.54. The molecule has 2 aromatic rings. The molecular formula is C16H23N3S. The first kappa shape index (κ1) is 13.8. The quantitative estimate of drug-likeness (QED) is 0.844. The minimum Gasteiger partial charge on any atom is -0.369 e. The molecule has 2 heterocycles. The number of rotatable bonds is 2. The van der Waals surface area contributed by atoms with Crippen LogP contribution < -0.4 is 4.90 Å². The molecule has 0 atom stereocenters. The van der Waals surface area contributed by atoms with Crippen molar-refractivity contribution in [2.45, 2.75) is 20.8 Å². The van der Waals surface area contributed by atoms with E-state index in [-0.39, 0.29) is 0 Å². The molecule has 0 aliphatic carbocycles. The van der Waals surface area contributed by atoms with Crippen molar-refractivity contribution in [2.75, 3.05) is 37.6 Å². The van der Waals surface area contributed by atoms with E-state index < -0.39 is 0 Å². The van der Waals surface area contributed by atoms with E-state index in [0.717, 1.165) is 31.7 Å². The normalized spacial score (nSPS) is 17.9. The van der Waals surface area contributed by atoms with Crippen LogP contribution in [-0.4, -0.2) is 42.6 Å². The van der Waals surface area contributed by atoms with E-state index in [1.807, 2.05) is 5.51 Å². The Morgan fingerprint density at radius 2 is 1.90 bits per heavy atom. The van der Waals surface area contributed by atoms with E-state index in [2.05, 4.69) is 53.8 Å². The Morgan fingerprint density at radius 3 is 2.60 bits per heavy atom. The number of hydrogen-bond donors (Lipinski definition) is 0. The number of thiazole rings is 1. The van der Waals surface area contributed by atoms with Gasteiger partial charge in [0.1, 0.15) is 0 Å². The molecule has 0 amide bonds. The van der Waals surface area contributed by atoms with Crippen molar-refractivity contribution in [3.05, 3.63) is 23.7 Å². The first-order valence-corrected chi connectivity index (χ1v) is 8.20. The van der Waals surface area contributed by atoms with E-state index in [0.29, 0.717) is 5.41 Å². The van der Waals surface area contributed by atoms with Gasteiger partial charge < -0.3 is 4.90 Å². The van der Waals surface area contributed by atoms with Crippen LogP contribution in [-0.2, 0) is 0 Å². The fraction of sp³-hybridized carbons (Fsp3) is 0.562. The molecule has 1 fully saturated rings. The summed E-state index contributed by atoms with van der Waals surface area (Å²) < 4.78 is 1.29. The number of fused-ring (bicyclic) bond motifs is 1. The van der Waals surface area contributed by atoms with E-state index in [1.165, 1.54) is 16.9 Å². The highest BCUT2D eigenvalue weighted by molar-refractivity contribution is 7.16. The average Bonchev–Trinajstić information content (AvgIpc) is 2.85. The lowest BCUT2D eigenvalue weighted by atomic mass is 9.96. The first-order valence-electron chi connectivity index (χ1n) is 7.32. The molecule has 0 bridgehead atoms. The molecule has 1 aromatic carbocycles. The Hall–Kier alpha value is -1.13. The smallest absolute Gasteiger partial charge is 0.0813 e. The van der Waals surface area contributed by atoms with Gasteiger partial charge in [0, 0.05) is 38.4 Å². The number of nitrogens with zero attached hydrogens (tertiary/aromatic N) is 3. The van der Waals surface area contributed by atoms with Gasteiger partial charge in [0.15, 0.2) is 0 Å². The van der Waals surface area contributed by atoms with Gasteiger partial charge in [0.2, 0.25) is 0 Å². The van der Waals surface area contributed by atoms with Crippen LogP contribution in [0.5, 0.6) is 0 Å². The zero-order chi connectivity index (χ0) is 14.2. The molecule has 0 spiro atoms. The Balaban J connectivity index is 1.65. The molecule has 4 heteroatoms. The van der Waals surface area contributed by atoms with Crippen molar-refractivity contribution in [1.29, 1.82) is 0 Å². The van der Waals surface area contributed by atoms with E-state index in [1.54, 1.807) is 11.3 Å². The number of hydrogen-bond acceptors (Lipinski definition) is 4. The standard InChI is InChI=1S/C16H23N3S/c1-16(2,3)11-18-6-8-19(9-7-18)13-4-5-14-15(10-13)20-12-17-14/h4-5,10,12H,6-9,11H2,1-3H3. The second-order valence-corrected chi connectivity index (χ2v) is 7.71. The molecule has 0 saturated carbocycles. The van der Waals surface area contributed by atoms with Crippen LogP contribution in [0.2, 0.25) is 0 Å². The second kappa shape index (κ2) is 5.34. The fourth-order valence-electron chi connectivity index (χ4n) is 2.88. The lowest BCUT2D eigenvalue weighted by molar-refractivity contribution is 0.182. The molecule has 20 heavy (non-hydrogen) atoms.